The van der Waals surface area contributed by atoms with Crippen LogP contribution in [0.15, 0.2) is 30.3 Å². The van der Waals surface area contributed by atoms with Gasteiger partial charge < -0.3 is 9.84 Å². The van der Waals surface area contributed by atoms with Crippen molar-refractivity contribution in [3.63, 3.8) is 0 Å². The summed E-state index contributed by atoms with van der Waals surface area (Å²) >= 11 is 5.77. The molecule has 0 fully saturated rings. The third kappa shape index (κ3) is 2.84. The SMILES string of the molecule is [C-]#[N+]C(O)COc1ccc2nc(Cl)ccc2c1. The Hall–Kier alpha value is -1.83. The topological polar surface area (TPSA) is 46.7 Å². The van der Waals surface area contributed by atoms with E-state index in [0.29, 0.717) is 10.9 Å². The number of hydrogen-bond donors (Lipinski definition) is 1. The first-order valence-corrected chi connectivity index (χ1v) is 5.30. The van der Waals surface area contributed by atoms with E-state index in [1.165, 1.54) is 0 Å². The van der Waals surface area contributed by atoms with Gasteiger partial charge in [-0.25, -0.2) is 11.6 Å². The Labute approximate surface area is 103 Å². The Kier molecular flexibility index (Phi) is 3.43. The zero-order valence-electron chi connectivity index (χ0n) is 8.80. The van der Waals surface area contributed by atoms with Crippen molar-refractivity contribution in [2.75, 3.05) is 6.61 Å². The fraction of sp³-hybridized carbons (Fsp3) is 0.167. The lowest BCUT2D eigenvalue weighted by Gasteiger charge is -2.05. The molecular formula is C12H9ClN2O2. The molecule has 0 spiro atoms. The van der Waals surface area contributed by atoms with E-state index in [1.807, 2.05) is 6.07 Å². The third-order valence-corrected chi connectivity index (χ3v) is 2.39. The highest BCUT2D eigenvalue weighted by Crippen LogP contribution is 2.21. The Morgan fingerprint density at radius 2 is 2.24 bits per heavy atom. The summed E-state index contributed by atoms with van der Waals surface area (Å²) in [7, 11) is 0. The van der Waals surface area contributed by atoms with Gasteiger partial charge in [-0.15, -0.1) is 0 Å². The molecule has 1 aromatic carbocycles. The van der Waals surface area contributed by atoms with Gasteiger partial charge in [-0.3, -0.25) is 4.85 Å². The minimum absolute atomic E-state index is 0.0456. The van der Waals surface area contributed by atoms with Crippen LogP contribution in [0.25, 0.3) is 15.7 Å². The maximum Gasteiger partial charge on any atom is 0.359 e. The number of benzene rings is 1. The highest BCUT2D eigenvalue weighted by molar-refractivity contribution is 6.29. The lowest BCUT2D eigenvalue weighted by atomic mass is 10.2. The summed E-state index contributed by atoms with van der Waals surface area (Å²) in [6.07, 6.45) is -1.13. The zero-order chi connectivity index (χ0) is 12.3. The maximum absolute atomic E-state index is 9.06. The van der Waals surface area contributed by atoms with Crippen LogP contribution in [0.5, 0.6) is 5.75 Å². The van der Waals surface area contributed by atoms with E-state index in [1.54, 1.807) is 24.3 Å². The molecule has 1 unspecified atom stereocenters. The number of nitrogens with zero attached hydrogens (tertiary/aromatic N) is 2. The minimum atomic E-state index is -1.13. The van der Waals surface area contributed by atoms with E-state index in [4.69, 9.17) is 28.0 Å². The minimum Gasteiger partial charge on any atom is -0.482 e. The average Bonchev–Trinajstić information content (AvgIpc) is 2.35. The number of pyridine rings is 1. The van der Waals surface area contributed by atoms with Gasteiger partial charge in [-0.05, 0) is 30.3 Å². The largest absolute Gasteiger partial charge is 0.482 e. The fourth-order valence-electron chi connectivity index (χ4n) is 1.38. The van der Waals surface area contributed by atoms with Gasteiger partial charge in [0.15, 0.2) is 6.61 Å². The van der Waals surface area contributed by atoms with Crippen LogP contribution in [0, 0.1) is 6.57 Å². The van der Waals surface area contributed by atoms with Crippen molar-refractivity contribution in [3.05, 3.63) is 46.9 Å². The zero-order valence-corrected chi connectivity index (χ0v) is 9.55. The lowest BCUT2D eigenvalue weighted by Crippen LogP contribution is -2.12. The van der Waals surface area contributed by atoms with Crippen molar-refractivity contribution in [3.8, 4) is 5.75 Å². The second-order valence-electron chi connectivity index (χ2n) is 3.41. The fourth-order valence-corrected chi connectivity index (χ4v) is 1.53. The molecule has 2 rings (SSSR count). The standard InChI is InChI=1S/C12H9ClN2O2/c1-14-12(16)7-17-9-3-4-10-8(6-9)2-5-11(13)15-10/h2-6,12,16H,7H2. The molecule has 0 saturated carbocycles. The van der Waals surface area contributed by atoms with Crippen LogP contribution in [0.2, 0.25) is 5.15 Å². The first-order chi connectivity index (χ1) is 8.19. The number of aliphatic hydroxyl groups excluding tert-OH is 1. The second kappa shape index (κ2) is 5.00. The van der Waals surface area contributed by atoms with Gasteiger partial charge in [0, 0.05) is 5.39 Å². The number of rotatable bonds is 3. The second-order valence-corrected chi connectivity index (χ2v) is 3.80. The van der Waals surface area contributed by atoms with E-state index in [0.717, 1.165) is 10.9 Å². The normalized spacial score (nSPS) is 12.1. The molecule has 0 bridgehead atoms. The molecule has 4 nitrogen and oxygen atoms in total. The van der Waals surface area contributed by atoms with Gasteiger partial charge in [-0.2, -0.15) is 0 Å². The van der Waals surface area contributed by atoms with Crippen LogP contribution in [0.4, 0.5) is 0 Å². The van der Waals surface area contributed by atoms with Crippen molar-refractivity contribution in [2.45, 2.75) is 6.23 Å². The summed E-state index contributed by atoms with van der Waals surface area (Å²) in [4.78, 5) is 7.07. The number of hydrogen-bond acceptors (Lipinski definition) is 3. The quantitative estimate of drug-likeness (QED) is 0.671. The van der Waals surface area contributed by atoms with E-state index in [9.17, 15) is 0 Å². The van der Waals surface area contributed by atoms with Crippen LogP contribution < -0.4 is 4.74 Å². The number of aromatic nitrogens is 1. The smallest absolute Gasteiger partial charge is 0.359 e. The predicted molar refractivity (Wildman–Crippen MR) is 64.9 cm³/mol. The molecule has 0 radical (unpaired) electrons. The summed E-state index contributed by atoms with van der Waals surface area (Å²) in [5.41, 5.74) is 0.774. The van der Waals surface area contributed by atoms with E-state index >= 15 is 0 Å². The number of halogens is 1. The van der Waals surface area contributed by atoms with Gasteiger partial charge in [0.25, 0.3) is 0 Å². The average molecular weight is 249 g/mol. The molecule has 0 amide bonds. The van der Waals surface area contributed by atoms with Gasteiger partial charge >= 0.3 is 6.23 Å². The summed E-state index contributed by atoms with van der Waals surface area (Å²) in [5, 5.41) is 10.4. The van der Waals surface area contributed by atoms with Gasteiger partial charge in [0.2, 0.25) is 0 Å². The van der Waals surface area contributed by atoms with Crippen LogP contribution >= 0.6 is 11.6 Å². The highest BCUT2D eigenvalue weighted by atomic mass is 35.5. The van der Waals surface area contributed by atoms with E-state index in [2.05, 4.69) is 9.83 Å². The Bertz CT molecular complexity index is 580. The molecule has 17 heavy (non-hydrogen) atoms. The van der Waals surface area contributed by atoms with E-state index < -0.39 is 6.23 Å². The third-order valence-electron chi connectivity index (χ3n) is 2.17. The molecule has 0 aliphatic carbocycles. The number of ether oxygens (including phenoxy) is 1. The molecule has 86 valence electrons. The molecule has 0 saturated heterocycles. The van der Waals surface area contributed by atoms with Gasteiger partial charge in [0.05, 0.1) is 5.52 Å². The van der Waals surface area contributed by atoms with Gasteiger partial charge in [-0.1, -0.05) is 11.6 Å². The molecule has 5 heteroatoms. The molecule has 0 aliphatic heterocycles. The van der Waals surface area contributed by atoms with E-state index in [-0.39, 0.29) is 6.61 Å². The summed E-state index contributed by atoms with van der Waals surface area (Å²) in [5.74, 6) is 0.587. The Morgan fingerprint density at radius 1 is 1.41 bits per heavy atom. The predicted octanol–water partition coefficient (Wildman–Crippen LogP) is 2.50. The van der Waals surface area contributed by atoms with Crippen molar-refractivity contribution >= 4 is 22.5 Å². The molecule has 2 aromatic rings. The lowest BCUT2D eigenvalue weighted by molar-refractivity contribution is 0.143. The highest BCUT2D eigenvalue weighted by Gasteiger charge is 2.07. The van der Waals surface area contributed by atoms with Gasteiger partial charge in [0.1, 0.15) is 10.9 Å². The molecule has 1 N–H and O–H groups in total. The first-order valence-electron chi connectivity index (χ1n) is 4.93. The van der Waals surface area contributed by atoms with Crippen molar-refractivity contribution in [1.82, 2.24) is 4.98 Å². The summed E-state index contributed by atoms with van der Waals surface area (Å²) in [6.45, 7) is 6.55. The monoisotopic (exact) mass is 248 g/mol. The number of fused-ring (bicyclic) bond motifs is 1. The van der Waals surface area contributed by atoms with Crippen LogP contribution in [-0.2, 0) is 0 Å². The summed E-state index contributed by atoms with van der Waals surface area (Å²) in [6, 6.07) is 8.82. The molecule has 1 aromatic heterocycles. The van der Waals surface area contributed by atoms with Crippen molar-refractivity contribution < 1.29 is 9.84 Å². The van der Waals surface area contributed by atoms with Crippen LogP contribution in [0.1, 0.15) is 0 Å². The summed E-state index contributed by atoms with van der Waals surface area (Å²) < 4.78 is 5.27. The maximum atomic E-state index is 9.06. The van der Waals surface area contributed by atoms with Crippen LogP contribution in [0.3, 0.4) is 0 Å². The van der Waals surface area contributed by atoms with Crippen LogP contribution in [-0.4, -0.2) is 22.9 Å². The number of aliphatic hydroxyl groups is 1. The van der Waals surface area contributed by atoms with Crippen molar-refractivity contribution in [2.24, 2.45) is 0 Å². The molecular weight excluding hydrogens is 240 g/mol. The van der Waals surface area contributed by atoms with Crippen molar-refractivity contribution in [1.29, 1.82) is 0 Å². The first kappa shape index (κ1) is 11.6. The Balaban J connectivity index is 2.21. The Morgan fingerprint density at radius 3 is 3.00 bits per heavy atom. The molecule has 1 heterocycles. The molecule has 1 atom stereocenters. The molecule has 0 aliphatic rings.